The molecule has 1 fully saturated rings. The average molecular weight is 262 g/mol. The number of esters is 1. The summed E-state index contributed by atoms with van der Waals surface area (Å²) in [5, 5.41) is 3.79. The summed E-state index contributed by atoms with van der Waals surface area (Å²) >= 11 is 6.91. The zero-order chi connectivity index (χ0) is 12.1. The standard InChI is InChI=1S/C10H18N2O2S2/c1-7(2)11-10(15)12-4-5-16-8(6-12)9(13)14-3/h7-8H,4-6H2,1-3H3,(H,11,15)/t8-/m1/s1. The molecule has 0 aromatic rings. The Morgan fingerprint density at radius 2 is 2.31 bits per heavy atom. The number of methoxy groups -OCH3 is 1. The van der Waals surface area contributed by atoms with Crippen molar-refractivity contribution in [3.63, 3.8) is 0 Å². The van der Waals surface area contributed by atoms with Crippen LogP contribution < -0.4 is 5.32 Å². The summed E-state index contributed by atoms with van der Waals surface area (Å²) in [6.07, 6.45) is 0. The maximum Gasteiger partial charge on any atom is 0.320 e. The van der Waals surface area contributed by atoms with E-state index < -0.39 is 0 Å². The minimum absolute atomic E-state index is 0.120. The van der Waals surface area contributed by atoms with Crippen molar-refractivity contribution in [2.24, 2.45) is 0 Å². The molecule has 1 saturated heterocycles. The smallest absolute Gasteiger partial charge is 0.320 e. The maximum absolute atomic E-state index is 11.4. The van der Waals surface area contributed by atoms with Crippen molar-refractivity contribution in [2.75, 3.05) is 26.0 Å². The van der Waals surface area contributed by atoms with Gasteiger partial charge in [-0.3, -0.25) is 4.79 Å². The monoisotopic (exact) mass is 262 g/mol. The normalized spacial score (nSPS) is 20.8. The van der Waals surface area contributed by atoms with Crippen molar-refractivity contribution in [1.82, 2.24) is 10.2 Å². The van der Waals surface area contributed by atoms with Gasteiger partial charge in [-0.25, -0.2) is 0 Å². The summed E-state index contributed by atoms with van der Waals surface area (Å²) < 4.78 is 4.75. The molecule has 6 heteroatoms. The van der Waals surface area contributed by atoms with E-state index >= 15 is 0 Å². The number of carbonyl (C=O) groups excluding carboxylic acids is 1. The Kier molecular flexibility index (Phi) is 5.34. The number of thioether (sulfide) groups is 1. The van der Waals surface area contributed by atoms with Crippen LogP contribution >= 0.6 is 24.0 Å². The molecule has 0 saturated carbocycles. The van der Waals surface area contributed by atoms with Gasteiger partial charge in [0.15, 0.2) is 5.11 Å². The van der Waals surface area contributed by atoms with Gasteiger partial charge >= 0.3 is 5.97 Å². The molecule has 0 bridgehead atoms. The molecule has 16 heavy (non-hydrogen) atoms. The van der Waals surface area contributed by atoms with Crippen LogP contribution in [0.1, 0.15) is 13.8 Å². The van der Waals surface area contributed by atoms with Gasteiger partial charge in [0.2, 0.25) is 0 Å². The fraction of sp³-hybridized carbons (Fsp3) is 0.800. The number of hydrogen-bond acceptors (Lipinski definition) is 4. The van der Waals surface area contributed by atoms with Crippen LogP contribution in [0.5, 0.6) is 0 Å². The molecule has 0 spiro atoms. The lowest BCUT2D eigenvalue weighted by Gasteiger charge is -2.33. The third-order valence-corrected chi connectivity index (χ3v) is 3.77. The summed E-state index contributed by atoms with van der Waals surface area (Å²) in [4.78, 5) is 13.5. The van der Waals surface area contributed by atoms with Gasteiger partial charge in [-0.2, -0.15) is 0 Å². The van der Waals surface area contributed by atoms with Gasteiger partial charge in [-0.05, 0) is 26.1 Å². The topological polar surface area (TPSA) is 41.6 Å². The van der Waals surface area contributed by atoms with Crippen LogP contribution in [-0.2, 0) is 9.53 Å². The number of carbonyl (C=O) groups is 1. The first kappa shape index (κ1) is 13.6. The zero-order valence-corrected chi connectivity index (χ0v) is 11.5. The SMILES string of the molecule is COC(=O)[C@H]1CN(C(=S)NC(C)C)CCS1. The number of rotatable bonds is 2. The highest BCUT2D eigenvalue weighted by atomic mass is 32.2. The third kappa shape index (κ3) is 3.83. The Morgan fingerprint density at radius 3 is 2.88 bits per heavy atom. The van der Waals surface area contributed by atoms with Crippen molar-refractivity contribution in [2.45, 2.75) is 25.1 Å². The molecule has 1 N–H and O–H groups in total. The zero-order valence-electron chi connectivity index (χ0n) is 9.86. The van der Waals surface area contributed by atoms with E-state index in [4.69, 9.17) is 17.0 Å². The molecule has 0 unspecified atom stereocenters. The molecule has 0 amide bonds. The lowest BCUT2D eigenvalue weighted by molar-refractivity contribution is -0.140. The summed E-state index contributed by atoms with van der Waals surface area (Å²) in [5.74, 6) is 0.738. The second kappa shape index (κ2) is 6.30. The van der Waals surface area contributed by atoms with Gasteiger partial charge in [0, 0.05) is 24.9 Å². The molecular weight excluding hydrogens is 244 g/mol. The van der Waals surface area contributed by atoms with Crippen LogP contribution in [0.4, 0.5) is 0 Å². The van der Waals surface area contributed by atoms with Gasteiger partial charge in [0.25, 0.3) is 0 Å². The van der Waals surface area contributed by atoms with Crippen LogP contribution in [0, 0.1) is 0 Å². The fourth-order valence-corrected chi connectivity index (χ4v) is 2.98. The van der Waals surface area contributed by atoms with Crippen LogP contribution in [-0.4, -0.2) is 53.2 Å². The second-order valence-corrected chi connectivity index (χ2v) is 5.63. The Hall–Kier alpha value is -0.490. The molecule has 92 valence electrons. The van der Waals surface area contributed by atoms with E-state index in [0.29, 0.717) is 12.6 Å². The van der Waals surface area contributed by atoms with Crippen LogP contribution in [0.3, 0.4) is 0 Å². The maximum atomic E-state index is 11.4. The highest BCUT2D eigenvalue weighted by Gasteiger charge is 2.28. The van der Waals surface area contributed by atoms with E-state index in [2.05, 4.69) is 5.32 Å². The minimum Gasteiger partial charge on any atom is -0.468 e. The Bertz CT molecular complexity index is 272. The molecular formula is C10H18N2O2S2. The number of thiocarbonyl (C=S) groups is 1. The third-order valence-electron chi connectivity index (χ3n) is 2.23. The van der Waals surface area contributed by atoms with Crippen molar-refractivity contribution in [3.8, 4) is 0 Å². The number of nitrogens with one attached hydrogen (secondary N) is 1. The summed E-state index contributed by atoms with van der Waals surface area (Å²) in [6.45, 7) is 5.61. The molecule has 1 heterocycles. The quantitative estimate of drug-likeness (QED) is 0.588. The lowest BCUT2D eigenvalue weighted by atomic mass is 10.3. The van der Waals surface area contributed by atoms with Crippen molar-refractivity contribution < 1.29 is 9.53 Å². The lowest BCUT2D eigenvalue weighted by Crippen LogP contribution is -2.50. The molecule has 1 atom stereocenters. The first-order valence-electron chi connectivity index (χ1n) is 5.29. The molecule has 0 aliphatic carbocycles. The van der Waals surface area contributed by atoms with Gasteiger partial charge in [-0.15, -0.1) is 11.8 Å². The van der Waals surface area contributed by atoms with Crippen molar-refractivity contribution in [3.05, 3.63) is 0 Å². The molecule has 1 rings (SSSR count). The molecule has 4 nitrogen and oxygen atoms in total. The van der Waals surface area contributed by atoms with Crippen LogP contribution in [0.2, 0.25) is 0 Å². The van der Waals surface area contributed by atoms with Gasteiger partial charge in [-0.1, -0.05) is 0 Å². The predicted octanol–water partition coefficient (Wildman–Crippen LogP) is 0.860. The first-order chi connectivity index (χ1) is 7.54. The molecule has 0 aromatic heterocycles. The van der Waals surface area contributed by atoms with Gasteiger partial charge in [0.05, 0.1) is 7.11 Å². The van der Waals surface area contributed by atoms with E-state index in [1.54, 1.807) is 11.8 Å². The van der Waals surface area contributed by atoms with E-state index in [1.807, 2.05) is 18.7 Å². The Labute approximate surface area is 106 Å². The molecule has 1 aliphatic rings. The molecule has 0 radical (unpaired) electrons. The number of ether oxygens (including phenoxy) is 1. The highest BCUT2D eigenvalue weighted by molar-refractivity contribution is 8.00. The van der Waals surface area contributed by atoms with Gasteiger partial charge < -0.3 is 15.0 Å². The predicted molar refractivity (Wildman–Crippen MR) is 70.7 cm³/mol. The summed E-state index contributed by atoms with van der Waals surface area (Å²) in [7, 11) is 1.42. The van der Waals surface area contributed by atoms with Crippen molar-refractivity contribution in [1.29, 1.82) is 0 Å². The minimum atomic E-state index is -0.165. The van der Waals surface area contributed by atoms with Crippen LogP contribution in [0.15, 0.2) is 0 Å². The first-order valence-corrected chi connectivity index (χ1v) is 6.75. The van der Waals surface area contributed by atoms with E-state index in [-0.39, 0.29) is 11.2 Å². The van der Waals surface area contributed by atoms with Crippen molar-refractivity contribution >= 4 is 35.1 Å². The average Bonchev–Trinajstić information content (AvgIpc) is 2.27. The van der Waals surface area contributed by atoms with E-state index in [0.717, 1.165) is 17.4 Å². The number of hydrogen-bond donors (Lipinski definition) is 1. The van der Waals surface area contributed by atoms with Crippen LogP contribution in [0.25, 0.3) is 0 Å². The fourth-order valence-electron chi connectivity index (χ4n) is 1.45. The molecule has 1 aliphatic heterocycles. The highest BCUT2D eigenvalue weighted by Crippen LogP contribution is 2.19. The summed E-state index contributed by atoms with van der Waals surface area (Å²) in [5.41, 5.74) is 0. The van der Waals surface area contributed by atoms with Gasteiger partial charge in [0.1, 0.15) is 5.25 Å². The largest absolute Gasteiger partial charge is 0.468 e. The Balaban J connectivity index is 2.50. The van der Waals surface area contributed by atoms with E-state index in [1.165, 1.54) is 7.11 Å². The summed E-state index contributed by atoms with van der Waals surface area (Å²) in [6, 6.07) is 0.318. The van der Waals surface area contributed by atoms with E-state index in [9.17, 15) is 4.79 Å². The molecule has 0 aromatic carbocycles. The number of nitrogens with zero attached hydrogens (tertiary/aromatic N) is 1. The second-order valence-electron chi connectivity index (χ2n) is 3.93. The Morgan fingerprint density at radius 1 is 1.62 bits per heavy atom.